The van der Waals surface area contributed by atoms with Crippen molar-refractivity contribution in [3.8, 4) is 0 Å². The van der Waals surface area contributed by atoms with Gasteiger partial charge in [0.15, 0.2) is 0 Å². The second kappa shape index (κ2) is 7.45. The molecule has 1 fully saturated rings. The van der Waals surface area contributed by atoms with Crippen LogP contribution in [0.5, 0.6) is 0 Å². The molecule has 0 spiro atoms. The second-order valence-electron chi connectivity index (χ2n) is 6.29. The molecule has 0 saturated carbocycles. The fourth-order valence-corrected chi connectivity index (χ4v) is 5.09. The molecule has 0 bridgehead atoms. The highest BCUT2D eigenvalue weighted by atomic mass is 32.2. The molecule has 0 aliphatic carbocycles. The molecule has 128 valence electrons. The minimum atomic E-state index is -3.30. The van der Waals surface area contributed by atoms with E-state index in [2.05, 4.69) is 0 Å². The highest BCUT2D eigenvalue weighted by Crippen LogP contribution is 2.25. The fourth-order valence-electron chi connectivity index (χ4n) is 3.32. The summed E-state index contributed by atoms with van der Waals surface area (Å²) in [5.41, 5.74) is 1.88. The van der Waals surface area contributed by atoms with E-state index in [-0.39, 0.29) is 17.6 Å². The number of sulfonamides is 1. The van der Waals surface area contributed by atoms with Crippen molar-refractivity contribution in [2.45, 2.75) is 31.7 Å². The molecule has 1 aliphatic rings. The van der Waals surface area contributed by atoms with E-state index in [1.54, 1.807) is 10.4 Å². The zero-order valence-electron chi connectivity index (χ0n) is 13.6. The third-order valence-corrected chi connectivity index (χ3v) is 6.45. The van der Waals surface area contributed by atoms with Gasteiger partial charge in [0.05, 0.1) is 5.75 Å². The third-order valence-electron chi connectivity index (χ3n) is 4.53. The summed E-state index contributed by atoms with van der Waals surface area (Å²) in [6, 6.07) is 16.0. The van der Waals surface area contributed by atoms with E-state index in [1.807, 2.05) is 36.4 Å². The van der Waals surface area contributed by atoms with Gasteiger partial charge in [-0.2, -0.15) is 4.31 Å². The SMILES string of the molecule is O=S(=O)(CCc1ccccc1)N1CCCC1Cc1cccc(F)c1. The molecule has 3 rings (SSSR count). The summed E-state index contributed by atoms with van der Waals surface area (Å²) in [6.07, 6.45) is 2.79. The first kappa shape index (κ1) is 17.1. The standard InChI is InChI=1S/C19H22FNO2S/c20-18-9-4-8-17(14-18)15-19-10-5-12-21(19)24(22,23)13-11-16-6-2-1-3-7-16/h1-4,6-9,14,19H,5,10-13,15H2. The van der Waals surface area contributed by atoms with Crippen LogP contribution in [-0.2, 0) is 22.9 Å². The molecule has 1 saturated heterocycles. The average Bonchev–Trinajstić information content (AvgIpc) is 3.03. The molecule has 1 heterocycles. The maximum atomic E-state index is 13.3. The smallest absolute Gasteiger partial charge is 0.212 e. The van der Waals surface area contributed by atoms with Gasteiger partial charge in [-0.15, -0.1) is 0 Å². The van der Waals surface area contributed by atoms with E-state index in [0.29, 0.717) is 19.4 Å². The largest absolute Gasteiger partial charge is 0.214 e. The first-order chi connectivity index (χ1) is 11.5. The Bertz CT molecular complexity index is 777. The lowest BCUT2D eigenvalue weighted by molar-refractivity contribution is 0.385. The van der Waals surface area contributed by atoms with Crippen molar-refractivity contribution in [1.29, 1.82) is 0 Å². The number of halogens is 1. The zero-order valence-corrected chi connectivity index (χ0v) is 14.4. The van der Waals surface area contributed by atoms with Crippen LogP contribution in [0.1, 0.15) is 24.0 Å². The van der Waals surface area contributed by atoms with Crippen LogP contribution in [-0.4, -0.2) is 31.1 Å². The number of hydrogen-bond donors (Lipinski definition) is 0. The van der Waals surface area contributed by atoms with Crippen LogP contribution in [0.2, 0.25) is 0 Å². The Morgan fingerprint density at radius 2 is 1.79 bits per heavy atom. The Labute approximate surface area is 143 Å². The summed E-state index contributed by atoms with van der Waals surface area (Å²) in [4.78, 5) is 0. The van der Waals surface area contributed by atoms with Gasteiger partial charge in [-0.05, 0) is 48.9 Å². The van der Waals surface area contributed by atoms with Gasteiger partial charge in [0, 0.05) is 12.6 Å². The van der Waals surface area contributed by atoms with E-state index in [4.69, 9.17) is 0 Å². The van der Waals surface area contributed by atoms with Crippen LogP contribution in [0.4, 0.5) is 4.39 Å². The molecule has 1 aliphatic heterocycles. The number of hydrogen-bond acceptors (Lipinski definition) is 2. The molecule has 1 atom stereocenters. The van der Waals surface area contributed by atoms with Crippen LogP contribution in [0, 0.1) is 5.82 Å². The van der Waals surface area contributed by atoms with Crippen molar-refractivity contribution in [2.24, 2.45) is 0 Å². The maximum Gasteiger partial charge on any atom is 0.214 e. The van der Waals surface area contributed by atoms with Crippen LogP contribution < -0.4 is 0 Å². The first-order valence-electron chi connectivity index (χ1n) is 8.32. The molecule has 3 nitrogen and oxygen atoms in total. The van der Waals surface area contributed by atoms with Gasteiger partial charge >= 0.3 is 0 Å². The summed E-state index contributed by atoms with van der Waals surface area (Å²) in [6.45, 7) is 0.567. The van der Waals surface area contributed by atoms with E-state index in [1.165, 1.54) is 12.1 Å². The minimum Gasteiger partial charge on any atom is -0.212 e. The molecule has 0 radical (unpaired) electrons. The Hall–Kier alpha value is -1.72. The molecular formula is C19H22FNO2S. The van der Waals surface area contributed by atoms with Crippen molar-refractivity contribution in [1.82, 2.24) is 4.31 Å². The number of nitrogens with zero attached hydrogens (tertiary/aromatic N) is 1. The predicted octanol–water partition coefficient (Wildman–Crippen LogP) is 3.41. The highest BCUT2D eigenvalue weighted by molar-refractivity contribution is 7.89. The molecule has 2 aromatic carbocycles. The summed E-state index contributed by atoms with van der Waals surface area (Å²) in [5.74, 6) is -0.152. The number of aryl methyl sites for hydroxylation is 1. The normalized spacial score (nSPS) is 18.8. The van der Waals surface area contributed by atoms with Crippen LogP contribution in [0.25, 0.3) is 0 Å². The summed E-state index contributed by atoms with van der Waals surface area (Å²) < 4.78 is 40.4. The van der Waals surface area contributed by atoms with E-state index in [9.17, 15) is 12.8 Å². The lowest BCUT2D eigenvalue weighted by atomic mass is 10.0. The third kappa shape index (κ3) is 4.22. The topological polar surface area (TPSA) is 37.4 Å². The van der Waals surface area contributed by atoms with Crippen molar-refractivity contribution >= 4 is 10.0 Å². The van der Waals surface area contributed by atoms with Gasteiger partial charge in [-0.25, -0.2) is 12.8 Å². The highest BCUT2D eigenvalue weighted by Gasteiger charge is 2.33. The van der Waals surface area contributed by atoms with Gasteiger partial charge in [-0.1, -0.05) is 42.5 Å². The lowest BCUT2D eigenvalue weighted by Gasteiger charge is -2.24. The molecule has 5 heteroatoms. The van der Waals surface area contributed by atoms with Crippen molar-refractivity contribution < 1.29 is 12.8 Å². The Balaban J connectivity index is 1.67. The number of benzene rings is 2. The Morgan fingerprint density at radius 1 is 1.04 bits per heavy atom. The van der Waals surface area contributed by atoms with E-state index in [0.717, 1.165) is 24.0 Å². The summed E-state index contributed by atoms with van der Waals surface area (Å²) in [5, 5.41) is 0. The fraction of sp³-hybridized carbons (Fsp3) is 0.368. The lowest BCUT2D eigenvalue weighted by Crippen LogP contribution is -2.38. The van der Waals surface area contributed by atoms with Crippen molar-refractivity contribution in [3.63, 3.8) is 0 Å². The molecule has 1 unspecified atom stereocenters. The first-order valence-corrected chi connectivity index (χ1v) is 9.93. The average molecular weight is 347 g/mol. The molecule has 2 aromatic rings. The molecule has 24 heavy (non-hydrogen) atoms. The van der Waals surface area contributed by atoms with Gasteiger partial charge in [-0.3, -0.25) is 0 Å². The van der Waals surface area contributed by atoms with E-state index < -0.39 is 10.0 Å². The predicted molar refractivity (Wildman–Crippen MR) is 93.8 cm³/mol. The van der Waals surface area contributed by atoms with Crippen LogP contribution >= 0.6 is 0 Å². The molecule has 0 amide bonds. The zero-order chi connectivity index (χ0) is 17.0. The van der Waals surface area contributed by atoms with E-state index >= 15 is 0 Å². The maximum absolute atomic E-state index is 13.3. The Morgan fingerprint density at radius 3 is 2.54 bits per heavy atom. The van der Waals surface area contributed by atoms with Crippen LogP contribution in [0.3, 0.4) is 0 Å². The number of rotatable bonds is 6. The van der Waals surface area contributed by atoms with Crippen molar-refractivity contribution in [2.75, 3.05) is 12.3 Å². The summed E-state index contributed by atoms with van der Waals surface area (Å²) >= 11 is 0. The molecular weight excluding hydrogens is 325 g/mol. The summed E-state index contributed by atoms with van der Waals surface area (Å²) in [7, 11) is -3.30. The monoisotopic (exact) mass is 347 g/mol. The van der Waals surface area contributed by atoms with Crippen molar-refractivity contribution in [3.05, 3.63) is 71.5 Å². The van der Waals surface area contributed by atoms with Gasteiger partial charge in [0.25, 0.3) is 0 Å². The molecule has 0 N–H and O–H groups in total. The molecule has 0 aromatic heterocycles. The van der Waals surface area contributed by atoms with Crippen LogP contribution in [0.15, 0.2) is 54.6 Å². The second-order valence-corrected chi connectivity index (χ2v) is 8.33. The Kier molecular flexibility index (Phi) is 5.31. The van der Waals surface area contributed by atoms with Gasteiger partial charge in [0.2, 0.25) is 10.0 Å². The quantitative estimate of drug-likeness (QED) is 0.803. The van der Waals surface area contributed by atoms with Gasteiger partial charge < -0.3 is 0 Å². The minimum absolute atomic E-state index is 0.0624. The van der Waals surface area contributed by atoms with Gasteiger partial charge in [0.1, 0.15) is 5.82 Å².